The highest BCUT2D eigenvalue weighted by molar-refractivity contribution is 5.83. The Morgan fingerprint density at radius 1 is 1.23 bits per heavy atom. The highest BCUT2D eigenvalue weighted by Crippen LogP contribution is 2.44. The van der Waals surface area contributed by atoms with E-state index in [9.17, 15) is 14.7 Å². The molecule has 1 heterocycles. The van der Waals surface area contributed by atoms with E-state index < -0.39 is 0 Å². The molecule has 2 aliphatic rings. The van der Waals surface area contributed by atoms with Crippen molar-refractivity contribution in [2.75, 3.05) is 20.2 Å². The van der Waals surface area contributed by atoms with Crippen molar-refractivity contribution < 1.29 is 14.7 Å². The number of carbonyl (C=O) groups excluding carboxylic acids is 2. The standard InChI is InChI=1S/C21H28N2O3/c1-4-5-15-6-8-16(9-7-15)20-18(12-22(3)14(2)25)23(19(20)13-24)21(26)17-10-11-17/h4-9,17-20,24H,10-13H2,1-3H3/b5-4+/t18-,19+,20-/m1/s1. The van der Waals surface area contributed by atoms with Gasteiger partial charge in [0.1, 0.15) is 0 Å². The van der Waals surface area contributed by atoms with Crippen LogP contribution >= 0.6 is 0 Å². The van der Waals surface area contributed by atoms with Crippen LogP contribution in [0.2, 0.25) is 0 Å². The van der Waals surface area contributed by atoms with E-state index in [0.29, 0.717) is 6.54 Å². The van der Waals surface area contributed by atoms with Gasteiger partial charge in [0, 0.05) is 32.4 Å². The van der Waals surface area contributed by atoms with Gasteiger partial charge in [0.15, 0.2) is 0 Å². The van der Waals surface area contributed by atoms with Gasteiger partial charge in [-0.25, -0.2) is 0 Å². The Hall–Kier alpha value is -2.14. The fourth-order valence-corrected chi connectivity index (χ4v) is 3.89. The first-order chi connectivity index (χ1) is 12.5. The van der Waals surface area contributed by atoms with E-state index in [1.807, 2.05) is 24.0 Å². The van der Waals surface area contributed by atoms with Gasteiger partial charge in [-0.05, 0) is 30.9 Å². The number of amides is 2. The van der Waals surface area contributed by atoms with E-state index in [1.54, 1.807) is 11.9 Å². The Morgan fingerprint density at radius 3 is 2.38 bits per heavy atom. The molecule has 3 rings (SSSR count). The maximum absolute atomic E-state index is 12.7. The van der Waals surface area contributed by atoms with Crippen LogP contribution in [-0.4, -0.2) is 59.0 Å². The van der Waals surface area contributed by atoms with Crippen molar-refractivity contribution in [3.8, 4) is 0 Å². The number of aliphatic hydroxyl groups is 1. The van der Waals surface area contributed by atoms with Crippen molar-refractivity contribution in [3.05, 3.63) is 41.5 Å². The van der Waals surface area contributed by atoms with Crippen LogP contribution in [0, 0.1) is 5.92 Å². The lowest BCUT2D eigenvalue weighted by Crippen LogP contribution is -2.68. The second kappa shape index (κ2) is 7.62. The largest absolute Gasteiger partial charge is 0.394 e. The molecule has 1 aliphatic heterocycles. The summed E-state index contributed by atoms with van der Waals surface area (Å²) >= 11 is 0. The van der Waals surface area contributed by atoms with Gasteiger partial charge < -0.3 is 14.9 Å². The summed E-state index contributed by atoms with van der Waals surface area (Å²) in [6, 6.07) is 7.97. The zero-order valence-corrected chi connectivity index (χ0v) is 15.8. The molecule has 0 bridgehead atoms. The summed E-state index contributed by atoms with van der Waals surface area (Å²) in [5, 5.41) is 9.95. The smallest absolute Gasteiger partial charge is 0.226 e. The number of likely N-dealkylation sites (tertiary alicyclic amines) is 1. The van der Waals surface area contributed by atoms with Crippen LogP contribution in [-0.2, 0) is 9.59 Å². The third-order valence-corrected chi connectivity index (χ3v) is 5.59. The minimum atomic E-state index is -0.207. The number of hydrogen-bond acceptors (Lipinski definition) is 3. The number of likely N-dealkylation sites (N-methyl/N-ethyl adjacent to an activating group) is 1. The number of benzene rings is 1. The molecule has 0 aromatic heterocycles. The quantitative estimate of drug-likeness (QED) is 0.850. The number of allylic oxidation sites excluding steroid dienone is 1. The van der Waals surface area contributed by atoms with E-state index in [-0.39, 0.29) is 42.3 Å². The Balaban J connectivity index is 1.86. The minimum Gasteiger partial charge on any atom is -0.394 e. The van der Waals surface area contributed by atoms with Crippen LogP contribution in [0.25, 0.3) is 6.08 Å². The average molecular weight is 356 g/mol. The molecule has 2 fully saturated rings. The lowest BCUT2D eigenvalue weighted by Gasteiger charge is -2.56. The van der Waals surface area contributed by atoms with E-state index in [0.717, 1.165) is 24.0 Å². The summed E-state index contributed by atoms with van der Waals surface area (Å²) in [7, 11) is 1.76. The summed E-state index contributed by atoms with van der Waals surface area (Å²) in [6.45, 7) is 3.96. The van der Waals surface area contributed by atoms with Crippen LogP contribution in [0.4, 0.5) is 0 Å². The topological polar surface area (TPSA) is 60.9 Å². The number of carbonyl (C=O) groups is 2. The predicted octanol–water partition coefficient (Wildman–Crippen LogP) is 2.26. The highest BCUT2D eigenvalue weighted by Gasteiger charge is 2.53. The summed E-state index contributed by atoms with van der Waals surface area (Å²) in [6.07, 6.45) is 5.91. The molecule has 5 heteroatoms. The molecule has 1 aliphatic carbocycles. The second-order valence-electron chi connectivity index (χ2n) is 7.43. The monoisotopic (exact) mass is 356 g/mol. The van der Waals surface area contributed by atoms with Crippen LogP contribution in [0.5, 0.6) is 0 Å². The molecule has 0 radical (unpaired) electrons. The maximum Gasteiger partial charge on any atom is 0.226 e. The third kappa shape index (κ3) is 3.54. The maximum atomic E-state index is 12.7. The lowest BCUT2D eigenvalue weighted by atomic mass is 9.74. The SMILES string of the molecule is C/C=C/c1ccc([C@@H]2[C@@H](CN(C)C(C)=O)N(C(=O)C3CC3)[C@H]2CO)cc1. The lowest BCUT2D eigenvalue weighted by molar-refractivity contribution is -0.155. The molecule has 5 nitrogen and oxygen atoms in total. The predicted molar refractivity (Wildman–Crippen MR) is 101 cm³/mol. The first-order valence-corrected chi connectivity index (χ1v) is 9.35. The van der Waals surface area contributed by atoms with Crippen LogP contribution < -0.4 is 0 Å². The van der Waals surface area contributed by atoms with Crippen molar-refractivity contribution in [2.24, 2.45) is 5.92 Å². The zero-order chi connectivity index (χ0) is 18.8. The fraction of sp³-hybridized carbons (Fsp3) is 0.524. The van der Waals surface area contributed by atoms with Gasteiger partial charge in [0.05, 0.1) is 18.7 Å². The average Bonchev–Trinajstić information content (AvgIpc) is 3.44. The van der Waals surface area contributed by atoms with Gasteiger partial charge in [-0.2, -0.15) is 0 Å². The minimum absolute atomic E-state index is 0.0153. The first-order valence-electron chi connectivity index (χ1n) is 9.35. The fourth-order valence-electron chi connectivity index (χ4n) is 3.89. The molecule has 1 saturated heterocycles. The molecular weight excluding hydrogens is 328 g/mol. The highest BCUT2D eigenvalue weighted by atomic mass is 16.3. The van der Waals surface area contributed by atoms with Crippen molar-refractivity contribution in [1.29, 1.82) is 0 Å². The van der Waals surface area contributed by atoms with Crippen LogP contribution in [0.1, 0.15) is 43.7 Å². The van der Waals surface area contributed by atoms with E-state index in [2.05, 4.69) is 24.3 Å². The zero-order valence-electron chi connectivity index (χ0n) is 15.8. The second-order valence-corrected chi connectivity index (χ2v) is 7.43. The molecule has 1 N–H and O–H groups in total. The van der Waals surface area contributed by atoms with Gasteiger partial charge in [-0.1, -0.05) is 36.4 Å². The van der Waals surface area contributed by atoms with E-state index >= 15 is 0 Å². The molecule has 1 saturated carbocycles. The summed E-state index contributed by atoms with van der Waals surface area (Å²) in [5.41, 5.74) is 2.23. The van der Waals surface area contributed by atoms with Gasteiger partial charge in [0.2, 0.25) is 11.8 Å². The van der Waals surface area contributed by atoms with Crippen molar-refractivity contribution in [1.82, 2.24) is 9.80 Å². The number of nitrogens with zero attached hydrogens (tertiary/aromatic N) is 2. The Labute approximate surface area is 155 Å². The molecule has 0 unspecified atom stereocenters. The van der Waals surface area contributed by atoms with Crippen molar-refractivity contribution in [3.63, 3.8) is 0 Å². The van der Waals surface area contributed by atoms with E-state index in [4.69, 9.17) is 0 Å². The van der Waals surface area contributed by atoms with Gasteiger partial charge in [-0.3, -0.25) is 9.59 Å². The molecular formula is C21H28N2O3. The molecule has 1 aromatic carbocycles. The number of rotatable bonds is 6. The molecule has 0 spiro atoms. The normalized spacial score (nSPS) is 25.2. The van der Waals surface area contributed by atoms with E-state index in [1.165, 1.54) is 6.92 Å². The van der Waals surface area contributed by atoms with Gasteiger partial charge in [-0.15, -0.1) is 0 Å². The van der Waals surface area contributed by atoms with Gasteiger partial charge in [0.25, 0.3) is 0 Å². The number of aliphatic hydroxyl groups excluding tert-OH is 1. The molecule has 2 amide bonds. The number of hydrogen-bond donors (Lipinski definition) is 1. The summed E-state index contributed by atoms with van der Waals surface area (Å²) in [4.78, 5) is 27.9. The van der Waals surface area contributed by atoms with Crippen molar-refractivity contribution >= 4 is 17.9 Å². The van der Waals surface area contributed by atoms with Crippen LogP contribution in [0.3, 0.4) is 0 Å². The summed E-state index contributed by atoms with van der Waals surface area (Å²) < 4.78 is 0. The van der Waals surface area contributed by atoms with Crippen molar-refractivity contribution in [2.45, 2.75) is 44.7 Å². The third-order valence-electron chi connectivity index (χ3n) is 5.59. The Morgan fingerprint density at radius 2 is 1.88 bits per heavy atom. The Bertz CT molecular complexity index is 694. The van der Waals surface area contributed by atoms with Crippen LogP contribution in [0.15, 0.2) is 30.3 Å². The molecule has 1 aromatic rings. The molecule has 140 valence electrons. The first kappa shape index (κ1) is 18.6. The molecule has 3 atom stereocenters. The van der Waals surface area contributed by atoms with Gasteiger partial charge >= 0.3 is 0 Å². The molecule has 26 heavy (non-hydrogen) atoms. The Kier molecular flexibility index (Phi) is 5.47. The summed E-state index contributed by atoms with van der Waals surface area (Å²) in [5.74, 6) is 0.266.